The van der Waals surface area contributed by atoms with Gasteiger partial charge in [-0.15, -0.1) is 0 Å². The van der Waals surface area contributed by atoms with Crippen LogP contribution >= 0.6 is 0 Å². The summed E-state index contributed by atoms with van der Waals surface area (Å²) in [4.78, 5) is 47.5. The van der Waals surface area contributed by atoms with Gasteiger partial charge in [-0.05, 0) is 63.3 Å². The Balaban J connectivity index is 1.47. The molecule has 1 aromatic carbocycles. The smallest absolute Gasteiger partial charge is 0.254 e. The van der Waals surface area contributed by atoms with Gasteiger partial charge in [0.15, 0.2) is 0 Å². The Kier molecular flexibility index (Phi) is 8.57. The highest BCUT2D eigenvalue weighted by atomic mass is 16.5. The van der Waals surface area contributed by atoms with Crippen LogP contribution in [0.3, 0.4) is 0 Å². The first-order valence-corrected chi connectivity index (χ1v) is 12.5. The number of hydrogen-bond acceptors (Lipinski definition) is 8. The van der Waals surface area contributed by atoms with Gasteiger partial charge in [-0.25, -0.2) is 4.98 Å². The van der Waals surface area contributed by atoms with E-state index in [1.54, 1.807) is 41.3 Å². The molecule has 0 radical (unpaired) electrons. The minimum atomic E-state index is -0.590. The molecular formula is C26H35N7O4. The van der Waals surface area contributed by atoms with Gasteiger partial charge in [0.05, 0.1) is 25.3 Å². The highest BCUT2D eigenvalue weighted by Gasteiger charge is 2.24. The van der Waals surface area contributed by atoms with Crippen LogP contribution in [0.4, 0.5) is 17.3 Å². The van der Waals surface area contributed by atoms with Crippen molar-refractivity contribution in [2.45, 2.75) is 18.9 Å². The number of piperidine rings is 1. The number of pyridine rings is 1. The van der Waals surface area contributed by atoms with E-state index in [1.807, 2.05) is 19.0 Å². The third kappa shape index (κ3) is 6.95. The standard InChI is InChI=1S/C26H35N7O4/c1-31(2)17-23(34)28-20-4-3-11-33(16-20)22-10-9-21(24(27)35)25(30-22)29-19-7-5-18(6-8-19)26(36)32-12-14-37-15-13-32/h5-10,20H,3-4,11-17H2,1-2H3,(H2,27,35)(H,28,34)(H,29,30). The van der Waals surface area contributed by atoms with Crippen molar-refractivity contribution >= 4 is 35.0 Å². The van der Waals surface area contributed by atoms with E-state index in [-0.39, 0.29) is 23.4 Å². The average molecular weight is 510 g/mol. The topological polar surface area (TPSA) is 133 Å². The van der Waals surface area contributed by atoms with E-state index in [4.69, 9.17) is 15.5 Å². The molecule has 0 aliphatic carbocycles. The largest absolute Gasteiger partial charge is 0.378 e. The number of ether oxygens (including phenoxy) is 1. The molecule has 3 amide bonds. The molecule has 2 fully saturated rings. The average Bonchev–Trinajstić information content (AvgIpc) is 2.88. The minimum Gasteiger partial charge on any atom is -0.378 e. The van der Waals surface area contributed by atoms with Crippen LogP contribution in [0.5, 0.6) is 0 Å². The number of nitrogens with one attached hydrogen (secondary N) is 2. The molecule has 0 saturated carbocycles. The molecule has 4 rings (SSSR count). The maximum Gasteiger partial charge on any atom is 0.254 e. The Morgan fingerprint density at radius 2 is 1.81 bits per heavy atom. The van der Waals surface area contributed by atoms with Crippen molar-refractivity contribution < 1.29 is 19.1 Å². The molecule has 2 aromatic rings. The van der Waals surface area contributed by atoms with E-state index in [0.717, 1.165) is 19.4 Å². The number of nitrogens with zero attached hydrogens (tertiary/aromatic N) is 4. The first-order valence-electron chi connectivity index (χ1n) is 12.5. The van der Waals surface area contributed by atoms with E-state index in [9.17, 15) is 14.4 Å². The number of morpholine rings is 1. The van der Waals surface area contributed by atoms with Gasteiger partial charge in [0, 0.05) is 43.5 Å². The quantitative estimate of drug-likeness (QED) is 0.481. The predicted molar refractivity (Wildman–Crippen MR) is 141 cm³/mol. The summed E-state index contributed by atoms with van der Waals surface area (Å²) in [6.45, 7) is 4.00. The number of aromatic nitrogens is 1. The number of anilines is 3. The summed E-state index contributed by atoms with van der Waals surface area (Å²) in [6, 6.07) is 10.5. The molecule has 11 heteroatoms. The number of benzene rings is 1. The van der Waals surface area contributed by atoms with Crippen LogP contribution in [0, 0.1) is 0 Å². The lowest BCUT2D eigenvalue weighted by Crippen LogP contribution is -2.49. The molecular weight excluding hydrogens is 474 g/mol. The highest BCUT2D eigenvalue weighted by molar-refractivity contribution is 5.99. The van der Waals surface area contributed by atoms with Gasteiger partial charge in [-0.1, -0.05) is 0 Å². The van der Waals surface area contributed by atoms with Gasteiger partial charge in [0.25, 0.3) is 11.8 Å². The molecule has 37 heavy (non-hydrogen) atoms. The Hall–Kier alpha value is -3.70. The molecule has 2 aliphatic heterocycles. The monoisotopic (exact) mass is 509 g/mol. The zero-order chi connectivity index (χ0) is 26.4. The third-order valence-corrected chi connectivity index (χ3v) is 6.41. The van der Waals surface area contributed by atoms with Crippen molar-refractivity contribution in [1.82, 2.24) is 20.1 Å². The molecule has 3 heterocycles. The number of amides is 3. The number of carbonyl (C=O) groups is 3. The number of likely N-dealkylation sites (N-methyl/N-ethyl adjacent to an activating group) is 1. The van der Waals surface area contributed by atoms with Crippen molar-refractivity contribution in [3.8, 4) is 0 Å². The van der Waals surface area contributed by atoms with Crippen molar-refractivity contribution in [2.24, 2.45) is 5.73 Å². The fourth-order valence-corrected chi connectivity index (χ4v) is 4.56. The summed E-state index contributed by atoms with van der Waals surface area (Å²) >= 11 is 0. The zero-order valence-corrected chi connectivity index (χ0v) is 21.4. The van der Waals surface area contributed by atoms with Crippen LogP contribution in [0.1, 0.15) is 33.6 Å². The van der Waals surface area contributed by atoms with Crippen LogP contribution in [-0.2, 0) is 9.53 Å². The summed E-state index contributed by atoms with van der Waals surface area (Å²) in [5.74, 6) is 0.402. The van der Waals surface area contributed by atoms with Gasteiger partial charge in [0.1, 0.15) is 11.6 Å². The molecule has 2 aliphatic rings. The fraction of sp³-hybridized carbons (Fsp3) is 0.462. The van der Waals surface area contributed by atoms with Crippen LogP contribution in [0.2, 0.25) is 0 Å². The Bertz CT molecular complexity index is 1120. The Morgan fingerprint density at radius 1 is 1.08 bits per heavy atom. The number of hydrogen-bond donors (Lipinski definition) is 3. The van der Waals surface area contributed by atoms with Crippen molar-refractivity contribution in [1.29, 1.82) is 0 Å². The highest BCUT2D eigenvalue weighted by Crippen LogP contribution is 2.25. The minimum absolute atomic E-state index is 0.00760. The molecule has 1 atom stereocenters. The summed E-state index contributed by atoms with van der Waals surface area (Å²) in [5.41, 5.74) is 7.15. The summed E-state index contributed by atoms with van der Waals surface area (Å²) in [7, 11) is 3.72. The lowest BCUT2D eigenvalue weighted by atomic mass is 10.1. The predicted octanol–water partition coefficient (Wildman–Crippen LogP) is 1.04. The van der Waals surface area contributed by atoms with E-state index < -0.39 is 5.91 Å². The van der Waals surface area contributed by atoms with Crippen molar-refractivity contribution in [3.63, 3.8) is 0 Å². The molecule has 0 spiro atoms. The van der Waals surface area contributed by atoms with Gasteiger partial charge in [-0.3, -0.25) is 14.4 Å². The first-order chi connectivity index (χ1) is 17.8. The molecule has 11 nitrogen and oxygen atoms in total. The van der Waals surface area contributed by atoms with E-state index >= 15 is 0 Å². The third-order valence-electron chi connectivity index (χ3n) is 6.41. The Labute approximate surface area is 216 Å². The summed E-state index contributed by atoms with van der Waals surface area (Å²) in [5, 5.41) is 6.28. The lowest BCUT2D eigenvalue weighted by Gasteiger charge is -2.34. The number of nitrogens with two attached hydrogens (primary N) is 1. The van der Waals surface area contributed by atoms with E-state index in [1.165, 1.54) is 0 Å². The van der Waals surface area contributed by atoms with Crippen molar-refractivity contribution in [2.75, 3.05) is 70.2 Å². The van der Waals surface area contributed by atoms with Gasteiger partial charge >= 0.3 is 0 Å². The van der Waals surface area contributed by atoms with Crippen LogP contribution < -0.4 is 21.3 Å². The lowest BCUT2D eigenvalue weighted by molar-refractivity contribution is -0.122. The van der Waals surface area contributed by atoms with E-state index in [0.29, 0.717) is 62.3 Å². The SMILES string of the molecule is CN(C)CC(=O)NC1CCCN(c2ccc(C(N)=O)c(Nc3ccc(C(=O)N4CCOCC4)cc3)n2)C1. The van der Waals surface area contributed by atoms with Crippen molar-refractivity contribution in [3.05, 3.63) is 47.5 Å². The Morgan fingerprint density at radius 3 is 2.49 bits per heavy atom. The zero-order valence-electron chi connectivity index (χ0n) is 21.4. The van der Waals surface area contributed by atoms with Gasteiger partial charge in [-0.2, -0.15) is 0 Å². The molecule has 1 unspecified atom stereocenters. The van der Waals surface area contributed by atoms with Crippen LogP contribution in [0.15, 0.2) is 36.4 Å². The summed E-state index contributed by atoms with van der Waals surface area (Å²) in [6.07, 6.45) is 1.81. The fourth-order valence-electron chi connectivity index (χ4n) is 4.56. The molecule has 4 N–H and O–H groups in total. The molecule has 198 valence electrons. The van der Waals surface area contributed by atoms with Gasteiger partial charge in [0.2, 0.25) is 5.91 Å². The van der Waals surface area contributed by atoms with Gasteiger partial charge < -0.3 is 35.8 Å². The molecule has 1 aromatic heterocycles. The van der Waals surface area contributed by atoms with Crippen LogP contribution in [0.25, 0.3) is 0 Å². The normalized spacial score (nSPS) is 18.0. The second-order valence-corrected chi connectivity index (χ2v) is 9.63. The number of rotatable bonds is 8. The number of primary amides is 1. The second-order valence-electron chi connectivity index (χ2n) is 9.63. The first kappa shape index (κ1) is 26.4. The molecule has 2 saturated heterocycles. The second kappa shape index (κ2) is 12.0. The summed E-state index contributed by atoms with van der Waals surface area (Å²) < 4.78 is 5.32. The van der Waals surface area contributed by atoms with Crippen LogP contribution in [-0.4, -0.2) is 98.6 Å². The maximum absolute atomic E-state index is 12.7. The maximum atomic E-state index is 12.7. The molecule has 0 bridgehead atoms. The van der Waals surface area contributed by atoms with E-state index in [2.05, 4.69) is 15.5 Å². The number of carbonyl (C=O) groups excluding carboxylic acids is 3.